The Morgan fingerprint density at radius 2 is 1.91 bits per heavy atom. The number of ether oxygens (including phenoxy) is 1. The zero-order chi connectivity index (χ0) is 16.7. The van der Waals surface area contributed by atoms with Crippen LogP contribution in [0.25, 0.3) is 0 Å². The van der Waals surface area contributed by atoms with E-state index in [4.69, 9.17) is 4.74 Å². The summed E-state index contributed by atoms with van der Waals surface area (Å²) in [5, 5.41) is 5.46. The first-order valence-electron chi connectivity index (χ1n) is 8.07. The van der Waals surface area contributed by atoms with Crippen molar-refractivity contribution in [2.45, 2.75) is 38.8 Å². The van der Waals surface area contributed by atoms with Crippen LogP contribution in [-0.4, -0.2) is 43.1 Å². The Balaban J connectivity index is 1.80. The summed E-state index contributed by atoms with van der Waals surface area (Å²) in [6, 6.07) is 6.63. The fourth-order valence-electron chi connectivity index (χ4n) is 2.72. The Morgan fingerprint density at radius 3 is 2.61 bits per heavy atom. The van der Waals surface area contributed by atoms with Gasteiger partial charge in [-0.2, -0.15) is 0 Å². The number of benzene rings is 1. The van der Waals surface area contributed by atoms with E-state index in [1.54, 1.807) is 14.0 Å². The number of hydrogen-bond donors (Lipinski definition) is 2. The summed E-state index contributed by atoms with van der Waals surface area (Å²) in [5.74, 6) is 0.711. The molecule has 1 saturated heterocycles. The predicted molar refractivity (Wildman–Crippen MR) is 88.3 cm³/mol. The molecule has 2 rings (SSSR count). The lowest BCUT2D eigenvalue weighted by molar-refractivity contribution is -0.133. The number of methoxy groups -OCH3 is 1. The minimum Gasteiger partial charge on any atom is -0.496 e. The van der Waals surface area contributed by atoms with E-state index in [2.05, 4.69) is 10.6 Å². The van der Waals surface area contributed by atoms with Gasteiger partial charge in [-0.15, -0.1) is 0 Å². The van der Waals surface area contributed by atoms with Crippen molar-refractivity contribution in [1.82, 2.24) is 15.5 Å². The summed E-state index contributed by atoms with van der Waals surface area (Å²) in [6.45, 7) is 3.64. The van der Waals surface area contributed by atoms with Crippen LogP contribution in [-0.2, 0) is 11.3 Å². The normalized spacial score (nSPS) is 15.7. The van der Waals surface area contributed by atoms with E-state index in [0.717, 1.165) is 37.2 Å². The molecule has 0 saturated carbocycles. The smallest absolute Gasteiger partial charge is 0.315 e. The van der Waals surface area contributed by atoms with Crippen molar-refractivity contribution in [2.24, 2.45) is 0 Å². The molecular weight excluding hydrogens is 294 g/mol. The van der Waals surface area contributed by atoms with Crippen molar-refractivity contribution in [3.8, 4) is 5.75 Å². The third-order valence-electron chi connectivity index (χ3n) is 4.02. The monoisotopic (exact) mass is 319 g/mol. The van der Waals surface area contributed by atoms with Crippen LogP contribution in [0.15, 0.2) is 24.3 Å². The summed E-state index contributed by atoms with van der Waals surface area (Å²) >= 11 is 0. The molecule has 1 aromatic rings. The summed E-state index contributed by atoms with van der Waals surface area (Å²) < 4.78 is 5.24. The van der Waals surface area contributed by atoms with E-state index in [9.17, 15) is 9.59 Å². The van der Waals surface area contributed by atoms with Crippen LogP contribution >= 0.6 is 0 Å². The summed E-state index contributed by atoms with van der Waals surface area (Å²) in [6.07, 6.45) is 3.25. The highest BCUT2D eigenvalue weighted by molar-refractivity contribution is 5.86. The van der Waals surface area contributed by atoms with Crippen LogP contribution in [0.4, 0.5) is 4.79 Å². The molecule has 1 fully saturated rings. The molecule has 3 amide bonds. The second-order valence-electron chi connectivity index (χ2n) is 5.75. The Labute approximate surface area is 137 Å². The Kier molecular flexibility index (Phi) is 6.26. The van der Waals surface area contributed by atoms with Crippen molar-refractivity contribution >= 4 is 11.9 Å². The van der Waals surface area contributed by atoms with E-state index in [1.165, 1.54) is 6.42 Å². The average Bonchev–Trinajstić information content (AvgIpc) is 2.60. The van der Waals surface area contributed by atoms with Gasteiger partial charge in [0.2, 0.25) is 5.91 Å². The first-order valence-corrected chi connectivity index (χ1v) is 8.07. The molecule has 0 aromatic heterocycles. The van der Waals surface area contributed by atoms with Gasteiger partial charge < -0.3 is 20.3 Å². The number of nitrogens with zero attached hydrogens (tertiary/aromatic N) is 1. The largest absolute Gasteiger partial charge is 0.496 e. The summed E-state index contributed by atoms with van der Waals surface area (Å²) in [5.41, 5.74) is 0.889. The molecule has 1 aromatic carbocycles. The SMILES string of the molecule is COc1ccccc1CNC(=O)NC(C)C(=O)N1CCCCC1. The lowest BCUT2D eigenvalue weighted by atomic mass is 10.1. The van der Waals surface area contributed by atoms with Crippen molar-refractivity contribution in [1.29, 1.82) is 0 Å². The molecule has 0 radical (unpaired) electrons. The molecule has 6 nitrogen and oxygen atoms in total. The molecule has 6 heteroatoms. The van der Waals surface area contributed by atoms with Gasteiger partial charge >= 0.3 is 6.03 Å². The lowest BCUT2D eigenvalue weighted by Gasteiger charge is -2.29. The molecule has 1 aliphatic heterocycles. The van der Waals surface area contributed by atoms with Crippen LogP contribution in [0, 0.1) is 0 Å². The molecule has 0 bridgehead atoms. The quantitative estimate of drug-likeness (QED) is 0.871. The van der Waals surface area contributed by atoms with E-state index < -0.39 is 6.04 Å². The number of likely N-dealkylation sites (tertiary alicyclic amines) is 1. The zero-order valence-electron chi connectivity index (χ0n) is 13.8. The van der Waals surface area contributed by atoms with Gasteiger partial charge in [-0.05, 0) is 32.3 Å². The van der Waals surface area contributed by atoms with Crippen LogP contribution in [0.5, 0.6) is 5.75 Å². The van der Waals surface area contributed by atoms with E-state index >= 15 is 0 Å². The van der Waals surface area contributed by atoms with Crippen LogP contribution in [0.2, 0.25) is 0 Å². The molecule has 126 valence electrons. The fourth-order valence-corrected chi connectivity index (χ4v) is 2.72. The Morgan fingerprint density at radius 1 is 1.22 bits per heavy atom. The van der Waals surface area contributed by atoms with Gasteiger partial charge in [0, 0.05) is 25.2 Å². The van der Waals surface area contributed by atoms with E-state index in [-0.39, 0.29) is 11.9 Å². The minimum atomic E-state index is -0.522. The van der Waals surface area contributed by atoms with Gasteiger partial charge in [-0.1, -0.05) is 18.2 Å². The minimum absolute atomic E-state index is 0.0165. The maximum absolute atomic E-state index is 12.3. The Hall–Kier alpha value is -2.24. The van der Waals surface area contributed by atoms with Gasteiger partial charge in [-0.25, -0.2) is 4.79 Å². The summed E-state index contributed by atoms with van der Waals surface area (Å²) in [4.78, 5) is 26.1. The maximum Gasteiger partial charge on any atom is 0.315 e. The molecule has 1 aliphatic rings. The second kappa shape index (κ2) is 8.41. The topological polar surface area (TPSA) is 70.7 Å². The first-order chi connectivity index (χ1) is 11.1. The van der Waals surface area contributed by atoms with E-state index in [1.807, 2.05) is 29.2 Å². The number of para-hydroxylation sites is 1. The number of piperidine rings is 1. The fraction of sp³-hybridized carbons (Fsp3) is 0.529. The highest BCUT2D eigenvalue weighted by Gasteiger charge is 2.23. The van der Waals surface area contributed by atoms with Gasteiger partial charge in [-0.3, -0.25) is 4.79 Å². The maximum atomic E-state index is 12.3. The molecule has 2 N–H and O–H groups in total. The van der Waals surface area contributed by atoms with Crippen LogP contribution in [0.3, 0.4) is 0 Å². The number of rotatable bonds is 5. The number of amides is 3. The molecule has 1 atom stereocenters. The molecule has 0 aliphatic carbocycles. The van der Waals surface area contributed by atoms with Gasteiger partial charge in [0.25, 0.3) is 0 Å². The number of nitrogens with one attached hydrogen (secondary N) is 2. The zero-order valence-corrected chi connectivity index (χ0v) is 13.8. The average molecular weight is 319 g/mol. The summed E-state index contributed by atoms with van der Waals surface area (Å²) in [7, 11) is 1.60. The van der Waals surface area contributed by atoms with Crippen LogP contribution in [0.1, 0.15) is 31.7 Å². The van der Waals surface area contributed by atoms with Gasteiger partial charge in [0.05, 0.1) is 7.11 Å². The number of hydrogen-bond acceptors (Lipinski definition) is 3. The third-order valence-corrected chi connectivity index (χ3v) is 4.02. The van der Waals surface area contributed by atoms with Crippen molar-refractivity contribution in [2.75, 3.05) is 20.2 Å². The molecule has 23 heavy (non-hydrogen) atoms. The van der Waals surface area contributed by atoms with Crippen LogP contribution < -0.4 is 15.4 Å². The van der Waals surface area contributed by atoms with Crippen molar-refractivity contribution in [3.63, 3.8) is 0 Å². The number of carbonyl (C=O) groups is 2. The predicted octanol–water partition coefficient (Wildman–Crippen LogP) is 1.90. The van der Waals surface area contributed by atoms with E-state index in [0.29, 0.717) is 6.54 Å². The molecule has 1 unspecified atom stereocenters. The van der Waals surface area contributed by atoms with Gasteiger partial charge in [0.15, 0.2) is 0 Å². The Bertz CT molecular complexity index is 542. The number of carbonyl (C=O) groups excluding carboxylic acids is 2. The van der Waals surface area contributed by atoms with Gasteiger partial charge in [0.1, 0.15) is 11.8 Å². The number of urea groups is 1. The molecule has 1 heterocycles. The lowest BCUT2D eigenvalue weighted by Crippen LogP contribution is -2.50. The third kappa shape index (κ3) is 4.87. The first kappa shape index (κ1) is 17.1. The standard InChI is InChI=1S/C17H25N3O3/c1-13(16(21)20-10-6-3-7-11-20)19-17(22)18-12-14-8-4-5-9-15(14)23-2/h4-5,8-9,13H,3,6-7,10-12H2,1-2H3,(H2,18,19,22). The van der Waals surface area contributed by atoms with Crippen molar-refractivity contribution < 1.29 is 14.3 Å². The highest BCUT2D eigenvalue weighted by atomic mass is 16.5. The highest BCUT2D eigenvalue weighted by Crippen LogP contribution is 2.16. The second-order valence-corrected chi connectivity index (χ2v) is 5.75. The molecule has 0 spiro atoms. The van der Waals surface area contributed by atoms with Crippen molar-refractivity contribution in [3.05, 3.63) is 29.8 Å². The molecular formula is C17H25N3O3.